The van der Waals surface area contributed by atoms with E-state index < -0.39 is 16.1 Å². The molecule has 1 aliphatic rings. The number of fused-ring (bicyclic) bond motifs is 1. The van der Waals surface area contributed by atoms with Crippen molar-refractivity contribution in [1.29, 1.82) is 0 Å². The molecule has 0 unspecified atom stereocenters. The summed E-state index contributed by atoms with van der Waals surface area (Å²) in [4.78, 5) is 27.8. The van der Waals surface area contributed by atoms with Gasteiger partial charge in [-0.2, -0.15) is 0 Å². The van der Waals surface area contributed by atoms with E-state index in [0.717, 1.165) is 11.8 Å². The topological polar surface area (TPSA) is 114 Å². The van der Waals surface area contributed by atoms with Crippen LogP contribution in [0.2, 0.25) is 0 Å². The Balaban J connectivity index is 1.75. The van der Waals surface area contributed by atoms with Crippen molar-refractivity contribution in [3.63, 3.8) is 0 Å². The first-order valence-corrected chi connectivity index (χ1v) is 14.1. The van der Waals surface area contributed by atoms with Gasteiger partial charge in [0.1, 0.15) is 11.8 Å². The maximum absolute atomic E-state index is 13.4. The fourth-order valence-electron chi connectivity index (χ4n) is 4.18. The lowest BCUT2D eigenvalue weighted by Gasteiger charge is -2.31. The second-order valence-electron chi connectivity index (χ2n) is 8.66. The number of hydrogen-bond donors (Lipinski definition) is 1. The van der Waals surface area contributed by atoms with Gasteiger partial charge in [-0.1, -0.05) is 19.1 Å². The molecule has 1 N–H and O–H groups in total. The molecular weight excluding hydrogens is 498 g/mol. The Morgan fingerprint density at radius 3 is 2.41 bits per heavy atom. The molecule has 202 valence electrons. The zero-order chi connectivity index (χ0) is 27.0. The lowest BCUT2D eigenvalue weighted by Crippen LogP contribution is -2.49. The number of nitrogens with zero attached hydrogens (tertiary/aromatic N) is 2. The first-order chi connectivity index (χ1) is 17.7. The van der Waals surface area contributed by atoms with Crippen LogP contribution < -0.4 is 23.8 Å². The molecule has 0 fully saturated rings. The summed E-state index contributed by atoms with van der Waals surface area (Å²) in [7, 11) is -2.03. The maximum atomic E-state index is 13.4. The van der Waals surface area contributed by atoms with Gasteiger partial charge in [0.15, 0.2) is 11.5 Å². The fraction of sp³-hybridized carbons (Fsp3) is 0.462. The van der Waals surface area contributed by atoms with Crippen LogP contribution in [-0.4, -0.2) is 64.4 Å². The van der Waals surface area contributed by atoms with E-state index in [4.69, 9.17) is 14.2 Å². The largest absolute Gasteiger partial charge is 0.497 e. The van der Waals surface area contributed by atoms with Crippen LogP contribution in [0.25, 0.3) is 0 Å². The summed E-state index contributed by atoms with van der Waals surface area (Å²) in [6.45, 7) is 4.57. The van der Waals surface area contributed by atoms with Crippen LogP contribution in [0.1, 0.15) is 38.7 Å². The number of carbonyl (C=O) groups is 2. The Hall–Kier alpha value is -3.47. The third-order valence-corrected chi connectivity index (χ3v) is 7.24. The molecule has 10 nitrogen and oxygen atoms in total. The Morgan fingerprint density at radius 2 is 1.78 bits per heavy atom. The van der Waals surface area contributed by atoms with Crippen LogP contribution in [-0.2, 0) is 26.2 Å². The SMILES string of the molecule is CCNC(=O)[C@H](CC)N(Cc1ccc(OC)cc1)C(=O)CCCN(c1ccc2c(c1)OCO2)S(C)(=O)=O. The molecule has 1 heterocycles. The number of hydrogen-bond acceptors (Lipinski definition) is 7. The van der Waals surface area contributed by atoms with Crippen molar-refractivity contribution < 1.29 is 32.2 Å². The summed E-state index contributed by atoms with van der Waals surface area (Å²) in [5.74, 6) is 1.28. The lowest BCUT2D eigenvalue weighted by atomic mass is 10.1. The summed E-state index contributed by atoms with van der Waals surface area (Å²) in [6.07, 6.45) is 1.91. The molecule has 37 heavy (non-hydrogen) atoms. The van der Waals surface area contributed by atoms with Gasteiger partial charge in [0.25, 0.3) is 0 Å². The highest BCUT2D eigenvalue weighted by Gasteiger charge is 2.29. The minimum Gasteiger partial charge on any atom is -0.497 e. The van der Waals surface area contributed by atoms with Crippen molar-refractivity contribution in [2.24, 2.45) is 0 Å². The predicted molar refractivity (Wildman–Crippen MR) is 140 cm³/mol. The second kappa shape index (κ2) is 12.7. The minimum absolute atomic E-state index is 0.0721. The number of likely N-dealkylation sites (N-methyl/N-ethyl adjacent to an activating group) is 1. The number of nitrogens with one attached hydrogen (secondary N) is 1. The molecule has 2 aromatic carbocycles. The van der Waals surface area contributed by atoms with Gasteiger partial charge in [-0.15, -0.1) is 0 Å². The monoisotopic (exact) mass is 533 g/mol. The molecule has 1 atom stereocenters. The number of sulfonamides is 1. The molecule has 1 aliphatic heterocycles. The summed E-state index contributed by atoms with van der Waals surface area (Å²) in [6, 6.07) is 11.6. The van der Waals surface area contributed by atoms with Crippen molar-refractivity contribution in [2.75, 3.05) is 37.6 Å². The average Bonchev–Trinajstić information content (AvgIpc) is 3.34. The second-order valence-corrected chi connectivity index (χ2v) is 10.6. The van der Waals surface area contributed by atoms with Crippen LogP contribution in [0.15, 0.2) is 42.5 Å². The molecular formula is C26H35N3O7S. The van der Waals surface area contributed by atoms with E-state index in [0.29, 0.717) is 35.9 Å². The Kier molecular flexibility index (Phi) is 9.62. The lowest BCUT2D eigenvalue weighted by molar-refractivity contribution is -0.141. The smallest absolute Gasteiger partial charge is 0.242 e. The number of rotatable bonds is 13. The van der Waals surface area contributed by atoms with Gasteiger partial charge in [0.2, 0.25) is 28.6 Å². The standard InChI is InChI=1S/C26H35N3O7S/c1-5-22(26(31)27-6-2)28(17-19-9-12-21(34-3)13-10-19)25(30)8-7-15-29(37(4,32)33)20-11-14-23-24(16-20)36-18-35-23/h9-14,16,22H,5-8,15,17-18H2,1-4H3,(H,27,31)/t22-/m0/s1. The molecule has 11 heteroatoms. The van der Waals surface area contributed by atoms with Crippen molar-refractivity contribution in [3.05, 3.63) is 48.0 Å². The highest BCUT2D eigenvalue weighted by atomic mass is 32.2. The quantitative estimate of drug-likeness (QED) is 0.421. The molecule has 2 amide bonds. The van der Waals surface area contributed by atoms with Crippen molar-refractivity contribution in [2.45, 2.75) is 45.7 Å². The fourth-order valence-corrected chi connectivity index (χ4v) is 5.14. The van der Waals surface area contributed by atoms with Crippen molar-refractivity contribution in [3.8, 4) is 17.2 Å². The molecule has 3 rings (SSSR count). The van der Waals surface area contributed by atoms with Crippen molar-refractivity contribution >= 4 is 27.5 Å². The average molecular weight is 534 g/mol. The van der Waals surface area contributed by atoms with Gasteiger partial charge in [-0.25, -0.2) is 8.42 Å². The number of carbonyl (C=O) groups excluding carboxylic acids is 2. The number of benzene rings is 2. The van der Waals surface area contributed by atoms with E-state index in [1.54, 1.807) is 42.3 Å². The van der Waals surface area contributed by atoms with Gasteiger partial charge in [0.05, 0.1) is 19.1 Å². The van der Waals surface area contributed by atoms with Crippen LogP contribution in [0, 0.1) is 0 Å². The van der Waals surface area contributed by atoms with E-state index in [-0.39, 0.29) is 44.5 Å². The van der Waals surface area contributed by atoms with Gasteiger partial charge >= 0.3 is 0 Å². The van der Waals surface area contributed by atoms with E-state index >= 15 is 0 Å². The highest BCUT2D eigenvalue weighted by molar-refractivity contribution is 7.92. The molecule has 0 saturated carbocycles. The Bertz CT molecular complexity index is 1190. The van der Waals surface area contributed by atoms with Crippen LogP contribution in [0.3, 0.4) is 0 Å². The number of ether oxygens (including phenoxy) is 3. The zero-order valence-corrected chi connectivity index (χ0v) is 22.5. The third kappa shape index (κ3) is 7.28. The van der Waals surface area contributed by atoms with Crippen LogP contribution >= 0.6 is 0 Å². The Morgan fingerprint density at radius 1 is 1.08 bits per heavy atom. The predicted octanol–water partition coefficient (Wildman–Crippen LogP) is 2.91. The molecule has 0 aliphatic carbocycles. The third-order valence-electron chi connectivity index (χ3n) is 6.05. The van der Waals surface area contributed by atoms with Gasteiger partial charge in [0, 0.05) is 32.1 Å². The normalized spacial score (nSPS) is 13.1. The van der Waals surface area contributed by atoms with Gasteiger partial charge < -0.3 is 24.4 Å². The number of anilines is 1. The zero-order valence-electron chi connectivity index (χ0n) is 21.7. The van der Waals surface area contributed by atoms with Crippen LogP contribution in [0.4, 0.5) is 5.69 Å². The molecule has 0 spiro atoms. The van der Waals surface area contributed by atoms with Gasteiger partial charge in [-0.3, -0.25) is 13.9 Å². The summed E-state index contributed by atoms with van der Waals surface area (Å²) in [5, 5.41) is 2.81. The van der Waals surface area contributed by atoms with E-state index in [1.807, 2.05) is 26.0 Å². The number of methoxy groups -OCH3 is 1. The summed E-state index contributed by atoms with van der Waals surface area (Å²) in [5.41, 5.74) is 1.29. The molecule has 2 aromatic rings. The number of amides is 2. The van der Waals surface area contributed by atoms with E-state index in [2.05, 4.69) is 5.32 Å². The van der Waals surface area contributed by atoms with E-state index in [1.165, 1.54) is 4.31 Å². The Labute approximate surface area is 218 Å². The maximum Gasteiger partial charge on any atom is 0.242 e. The summed E-state index contributed by atoms with van der Waals surface area (Å²) >= 11 is 0. The van der Waals surface area contributed by atoms with Crippen molar-refractivity contribution in [1.82, 2.24) is 10.2 Å². The molecule has 0 saturated heterocycles. The van der Waals surface area contributed by atoms with E-state index in [9.17, 15) is 18.0 Å². The molecule has 0 radical (unpaired) electrons. The molecule has 0 bridgehead atoms. The highest BCUT2D eigenvalue weighted by Crippen LogP contribution is 2.36. The molecule has 0 aromatic heterocycles. The van der Waals surface area contributed by atoms with Gasteiger partial charge in [-0.05, 0) is 49.6 Å². The first kappa shape index (κ1) is 28.1. The first-order valence-electron chi connectivity index (χ1n) is 12.2. The van der Waals surface area contributed by atoms with Crippen LogP contribution in [0.5, 0.6) is 17.2 Å². The minimum atomic E-state index is -3.61. The summed E-state index contributed by atoms with van der Waals surface area (Å²) < 4.78 is 42.2.